The fourth-order valence-corrected chi connectivity index (χ4v) is 1.74. The molecule has 0 aliphatic carbocycles. The Kier molecular flexibility index (Phi) is 10.2. The van der Waals surface area contributed by atoms with Gasteiger partial charge in [-0.2, -0.15) is 0 Å². The molecule has 0 atom stereocenters. The maximum absolute atomic E-state index is 11.1. The molecule has 0 unspecified atom stereocenters. The van der Waals surface area contributed by atoms with Crippen molar-refractivity contribution in [3.8, 4) is 0 Å². The molecule has 0 aromatic rings. The summed E-state index contributed by atoms with van der Waals surface area (Å²) in [4.78, 5) is 22.2. The molecule has 0 fully saturated rings. The fraction of sp³-hybridized carbons (Fsp3) is 0.818. The van der Waals surface area contributed by atoms with E-state index in [1.165, 1.54) is 0 Å². The van der Waals surface area contributed by atoms with E-state index in [1.807, 2.05) is 6.92 Å². The number of hydrogen-bond acceptors (Lipinski definition) is 2. The number of unbranched alkanes of at least 4 members (excludes halogenated alkanes) is 2. The van der Waals surface area contributed by atoms with Crippen LogP contribution < -0.4 is 0 Å². The molecule has 0 spiro atoms. The van der Waals surface area contributed by atoms with E-state index >= 15 is 0 Å². The molecule has 0 rings (SSSR count). The third-order valence-corrected chi connectivity index (χ3v) is 2.92. The van der Waals surface area contributed by atoms with Crippen molar-refractivity contribution in [1.82, 2.24) is 0 Å². The summed E-state index contributed by atoms with van der Waals surface area (Å²) in [6.45, 7) is 5.29. The van der Waals surface area contributed by atoms with Crippen molar-refractivity contribution in [3.63, 3.8) is 0 Å². The van der Waals surface area contributed by atoms with E-state index in [4.69, 9.17) is 10.2 Å². The Balaban J connectivity index is 0. The summed E-state index contributed by atoms with van der Waals surface area (Å²) < 4.78 is 0. The molecule has 0 aromatic heterocycles. The second kappa shape index (κ2) is 8.64. The number of hydrogen-bond donors (Lipinski definition) is 2. The van der Waals surface area contributed by atoms with Crippen molar-refractivity contribution in [1.29, 1.82) is 0 Å². The summed E-state index contributed by atoms with van der Waals surface area (Å²) in [5.74, 6) is -2.84. The monoisotopic (exact) mass is 256 g/mol. The molecule has 5 heteroatoms. The Bertz CT molecular complexity index is 224. The SMILES string of the molecule is CCCCCC(C(=O)O)(C(=O)O)C(C)C.[KH]. The van der Waals surface area contributed by atoms with Crippen molar-refractivity contribution < 1.29 is 19.8 Å². The summed E-state index contributed by atoms with van der Waals surface area (Å²) in [5, 5.41) is 18.2. The van der Waals surface area contributed by atoms with Crippen molar-refractivity contribution >= 4 is 63.3 Å². The van der Waals surface area contributed by atoms with Crippen molar-refractivity contribution in [2.45, 2.75) is 46.5 Å². The third kappa shape index (κ3) is 4.45. The zero-order valence-corrected chi connectivity index (χ0v) is 9.62. The summed E-state index contributed by atoms with van der Waals surface area (Å²) in [6.07, 6.45) is 2.68. The standard InChI is InChI=1S/C11H20O4.K.H/c1-4-5-6-7-11(8(2)3,9(12)13)10(14)15;;/h8H,4-7H2,1-3H3,(H,12,13)(H,14,15);;. The topological polar surface area (TPSA) is 74.6 Å². The van der Waals surface area contributed by atoms with Crippen LogP contribution in [0.15, 0.2) is 0 Å². The number of carboxylic acid groups (broad SMARTS) is 2. The number of rotatable bonds is 7. The minimum atomic E-state index is -1.62. The molecular weight excluding hydrogens is 235 g/mol. The first-order valence-electron chi connectivity index (χ1n) is 5.36. The normalized spacial score (nSPS) is 11.0. The second-order valence-corrected chi connectivity index (χ2v) is 4.19. The Hall–Kier alpha value is 0.576. The van der Waals surface area contributed by atoms with Gasteiger partial charge in [0, 0.05) is 0 Å². The molecule has 2 N–H and O–H groups in total. The van der Waals surface area contributed by atoms with Crippen LogP contribution in [0.3, 0.4) is 0 Å². The van der Waals surface area contributed by atoms with E-state index in [1.54, 1.807) is 13.8 Å². The molecule has 0 aliphatic heterocycles. The van der Waals surface area contributed by atoms with Crippen molar-refractivity contribution in [2.24, 2.45) is 11.3 Å². The molecule has 0 heterocycles. The average molecular weight is 256 g/mol. The quantitative estimate of drug-likeness (QED) is 0.413. The molecule has 90 valence electrons. The molecule has 0 radical (unpaired) electrons. The van der Waals surface area contributed by atoms with Gasteiger partial charge >= 0.3 is 63.3 Å². The predicted octanol–water partition coefficient (Wildman–Crippen LogP) is 1.73. The van der Waals surface area contributed by atoms with Crippen LogP contribution in [0.1, 0.15) is 46.5 Å². The van der Waals surface area contributed by atoms with Crippen LogP contribution in [-0.4, -0.2) is 73.5 Å². The van der Waals surface area contributed by atoms with Crippen LogP contribution >= 0.6 is 0 Å². The van der Waals surface area contributed by atoms with Crippen LogP contribution in [0.4, 0.5) is 0 Å². The van der Waals surface area contributed by atoms with Crippen LogP contribution in [0.5, 0.6) is 0 Å². The van der Waals surface area contributed by atoms with Crippen LogP contribution in [-0.2, 0) is 9.59 Å². The van der Waals surface area contributed by atoms with Crippen LogP contribution in [0.25, 0.3) is 0 Å². The summed E-state index contributed by atoms with van der Waals surface area (Å²) >= 11 is 0. The first-order chi connectivity index (χ1) is 6.89. The third-order valence-electron chi connectivity index (χ3n) is 2.92. The molecule has 4 nitrogen and oxygen atoms in total. The molecule has 0 saturated carbocycles. The number of aliphatic carboxylic acids is 2. The number of carboxylic acids is 2. The van der Waals surface area contributed by atoms with E-state index in [0.717, 1.165) is 12.8 Å². The van der Waals surface area contributed by atoms with Gasteiger partial charge in [0.15, 0.2) is 5.41 Å². The number of carbonyl (C=O) groups is 2. The van der Waals surface area contributed by atoms with Crippen molar-refractivity contribution in [3.05, 3.63) is 0 Å². The van der Waals surface area contributed by atoms with Gasteiger partial charge in [-0.1, -0.05) is 40.0 Å². The summed E-state index contributed by atoms with van der Waals surface area (Å²) in [5.41, 5.74) is -1.62. The van der Waals surface area contributed by atoms with Gasteiger partial charge in [-0.15, -0.1) is 0 Å². The Morgan fingerprint density at radius 3 is 1.81 bits per heavy atom. The first kappa shape index (κ1) is 18.9. The van der Waals surface area contributed by atoms with Gasteiger partial charge in [0.2, 0.25) is 0 Å². The van der Waals surface area contributed by atoms with Crippen LogP contribution in [0.2, 0.25) is 0 Å². The summed E-state index contributed by atoms with van der Waals surface area (Å²) in [7, 11) is 0. The van der Waals surface area contributed by atoms with Gasteiger partial charge in [-0.05, 0) is 12.3 Å². The average Bonchev–Trinajstić information content (AvgIpc) is 2.10. The Labute approximate surface area is 139 Å². The van der Waals surface area contributed by atoms with E-state index in [0.29, 0.717) is 6.42 Å². The van der Waals surface area contributed by atoms with Gasteiger partial charge in [0.1, 0.15) is 0 Å². The molecule has 0 amide bonds. The van der Waals surface area contributed by atoms with Crippen LogP contribution in [0, 0.1) is 11.3 Å². The summed E-state index contributed by atoms with van der Waals surface area (Å²) in [6, 6.07) is 0. The molecule has 0 saturated heterocycles. The molecule has 0 aliphatic rings. The first-order valence-corrected chi connectivity index (χ1v) is 5.36. The fourth-order valence-electron chi connectivity index (χ4n) is 1.74. The molecular formula is C11H21KO4. The maximum atomic E-state index is 11.1. The van der Waals surface area contributed by atoms with Gasteiger partial charge in [-0.25, -0.2) is 0 Å². The Morgan fingerprint density at radius 2 is 1.56 bits per heavy atom. The van der Waals surface area contributed by atoms with E-state index in [-0.39, 0.29) is 57.8 Å². The minimum absolute atomic E-state index is 0. The van der Waals surface area contributed by atoms with Crippen molar-refractivity contribution in [2.75, 3.05) is 0 Å². The van der Waals surface area contributed by atoms with E-state index in [9.17, 15) is 9.59 Å². The second-order valence-electron chi connectivity index (χ2n) is 4.19. The zero-order chi connectivity index (χ0) is 12.1. The van der Waals surface area contributed by atoms with E-state index in [2.05, 4.69) is 0 Å². The van der Waals surface area contributed by atoms with Gasteiger partial charge in [-0.3, -0.25) is 9.59 Å². The molecule has 16 heavy (non-hydrogen) atoms. The molecule has 0 bridgehead atoms. The van der Waals surface area contributed by atoms with E-state index < -0.39 is 23.3 Å². The van der Waals surface area contributed by atoms with Gasteiger partial charge in [0.25, 0.3) is 0 Å². The Morgan fingerprint density at radius 1 is 1.12 bits per heavy atom. The predicted molar refractivity (Wildman–Crippen MR) is 63.8 cm³/mol. The zero-order valence-electron chi connectivity index (χ0n) is 9.62. The van der Waals surface area contributed by atoms with Gasteiger partial charge in [0.05, 0.1) is 0 Å². The van der Waals surface area contributed by atoms with Gasteiger partial charge < -0.3 is 10.2 Å². The molecule has 0 aromatic carbocycles.